The predicted octanol–water partition coefficient (Wildman–Crippen LogP) is 4.27. The maximum absolute atomic E-state index is 3.50. The van der Waals surface area contributed by atoms with E-state index in [1.54, 1.807) is 5.57 Å². The first-order chi connectivity index (χ1) is 6.18. The molecule has 2 rings (SSSR count). The lowest BCUT2D eigenvalue weighted by molar-refractivity contribution is 1.15. The van der Waals surface area contributed by atoms with Crippen molar-refractivity contribution in [3.05, 3.63) is 45.4 Å². The Kier molecular flexibility index (Phi) is 2.29. The third kappa shape index (κ3) is 1.86. The van der Waals surface area contributed by atoms with Gasteiger partial charge in [-0.3, -0.25) is 0 Å². The molecular weight excluding hydrogens is 224 g/mol. The van der Waals surface area contributed by atoms with E-state index in [1.807, 2.05) is 0 Å². The average Bonchev–Trinajstić information content (AvgIpc) is 2.82. The molecule has 0 aliphatic heterocycles. The Hall–Kier alpha value is -0.560. The van der Waals surface area contributed by atoms with Crippen molar-refractivity contribution in [1.29, 1.82) is 0 Å². The van der Waals surface area contributed by atoms with Crippen LogP contribution in [-0.2, 0) is 0 Å². The van der Waals surface area contributed by atoms with Crippen molar-refractivity contribution in [3.63, 3.8) is 0 Å². The molecule has 0 aromatic heterocycles. The summed E-state index contributed by atoms with van der Waals surface area (Å²) in [5.74, 6) is 0.711. The first-order valence-corrected chi connectivity index (χ1v) is 5.39. The van der Waals surface area contributed by atoms with Crippen molar-refractivity contribution in [2.45, 2.75) is 26.2 Å². The van der Waals surface area contributed by atoms with Crippen LogP contribution >= 0.6 is 15.9 Å². The zero-order valence-electron chi connectivity index (χ0n) is 7.97. The van der Waals surface area contributed by atoms with Gasteiger partial charge in [0, 0.05) is 10.4 Å². The molecule has 1 unspecified atom stereocenters. The molecule has 1 saturated carbocycles. The maximum atomic E-state index is 3.50. The molecule has 0 N–H and O–H groups in total. The highest BCUT2D eigenvalue weighted by molar-refractivity contribution is 9.10. The molecule has 1 heteroatoms. The van der Waals surface area contributed by atoms with Crippen LogP contribution in [0.4, 0.5) is 0 Å². The molecule has 68 valence electrons. The lowest BCUT2D eigenvalue weighted by Gasteiger charge is -1.97. The summed E-state index contributed by atoms with van der Waals surface area (Å²) in [6.07, 6.45) is 1.26. The van der Waals surface area contributed by atoms with Crippen LogP contribution in [0.25, 0.3) is 0 Å². The summed E-state index contributed by atoms with van der Waals surface area (Å²) in [5, 5.41) is 0. The van der Waals surface area contributed by atoms with Gasteiger partial charge in [0.05, 0.1) is 0 Å². The standard InChI is InChI=1S/C12H13Br/c1-8(2)11-7-12(11)9-4-3-5-10(13)6-9/h3-6,12H,7H2,1-2H3. The topological polar surface area (TPSA) is 0 Å². The summed E-state index contributed by atoms with van der Waals surface area (Å²) in [7, 11) is 0. The minimum Gasteiger partial charge on any atom is -0.0766 e. The average molecular weight is 237 g/mol. The number of allylic oxidation sites excluding steroid dienone is 2. The van der Waals surface area contributed by atoms with Gasteiger partial charge < -0.3 is 0 Å². The summed E-state index contributed by atoms with van der Waals surface area (Å²) in [5.41, 5.74) is 4.56. The second-order valence-corrected chi connectivity index (χ2v) is 4.75. The highest BCUT2D eigenvalue weighted by atomic mass is 79.9. The van der Waals surface area contributed by atoms with Crippen molar-refractivity contribution in [2.24, 2.45) is 0 Å². The number of benzene rings is 1. The Balaban J connectivity index is 2.26. The van der Waals surface area contributed by atoms with Gasteiger partial charge in [0.2, 0.25) is 0 Å². The zero-order chi connectivity index (χ0) is 9.42. The number of rotatable bonds is 1. The monoisotopic (exact) mass is 236 g/mol. The SMILES string of the molecule is CC(C)=C1CC1c1cccc(Br)c1. The summed E-state index contributed by atoms with van der Waals surface area (Å²) in [6, 6.07) is 8.63. The van der Waals surface area contributed by atoms with Gasteiger partial charge in [-0.15, -0.1) is 0 Å². The molecule has 0 amide bonds. The molecule has 13 heavy (non-hydrogen) atoms. The Morgan fingerprint density at radius 3 is 2.69 bits per heavy atom. The fourth-order valence-corrected chi connectivity index (χ4v) is 2.17. The molecule has 1 aliphatic carbocycles. The van der Waals surface area contributed by atoms with Crippen molar-refractivity contribution in [2.75, 3.05) is 0 Å². The lowest BCUT2D eigenvalue weighted by atomic mass is 10.1. The Morgan fingerprint density at radius 2 is 2.15 bits per heavy atom. The first kappa shape index (κ1) is 9.01. The third-order valence-electron chi connectivity index (χ3n) is 2.58. The Labute approximate surface area is 87.8 Å². The van der Waals surface area contributed by atoms with E-state index in [-0.39, 0.29) is 0 Å². The van der Waals surface area contributed by atoms with E-state index in [4.69, 9.17) is 0 Å². The van der Waals surface area contributed by atoms with Gasteiger partial charge >= 0.3 is 0 Å². The van der Waals surface area contributed by atoms with Crippen LogP contribution < -0.4 is 0 Å². The molecular formula is C12H13Br. The van der Waals surface area contributed by atoms with Crippen molar-refractivity contribution in [3.8, 4) is 0 Å². The van der Waals surface area contributed by atoms with Gasteiger partial charge in [-0.1, -0.05) is 39.2 Å². The highest BCUT2D eigenvalue weighted by Gasteiger charge is 2.31. The Morgan fingerprint density at radius 1 is 1.38 bits per heavy atom. The largest absolute Gasteiger partial charge is 0.0766 e. The van der Waals surface area contributed by atoms with Crippen molar-refractivity contribution >= 4 is 15.9 Å². The molecule has 0 spiro atoms. The smallest absolute Gasteiger partial charge is 0.0178 e. The van der Waals surface area contributed by atoms with E-state index in [0.29, 0.717) is 5.92 Å². The lowest BCUT2D eigenvalue weighted by Crippen LogP contribution is -1.78. The normalized spacial score (nSPS) is 20.2. The summed E-state index contributed by atoms with van der Waals surface area (Å²) < 4.78 is 1.19. The van der Waals surface area contributed by atoms with Crippen molar-refractivity contribution in [1.82, 2.24) is 0 Å². The highest BCUT2D eigenvalue weighted by Crippen LogP contribution is 2.48. The minimum absolute atomic E-state index is 0.711. The Bertz CT molecular complexity index is 359. The van der Waals surface area contributed by atoms with Crippen LogP contribution in [0.15, 0.2) is 39.9 Å². The van der Waals surface area contributed by atoms with E-state index in [1.165, 1.54) is 22.0 Å². The molecule has 1 aromatic rings. The van der Waals surface area contributed by atoms with Gasteiger partial charge in [-0.05, 0) is 38.0 Å². The fraction of sp³-hybridized carbons (Fsp3) is 0.333. The van der Waals surface area contributed by atoms with Crippen molar-refractivity contribution < 1.29 is 0 Å². The van der Waals surface area contributed by atoms with Crippen LogP contribution in [0, 0.1) is 0 Å². The van der Waals surface area contributed by atoms with Gasteiger partial charge in [-0.25, -0.2) is 0 Å². The molecule has 0 heterocycles. The number of halogens is 1. The van der Waals surface area contributed by atoms with Crippen LogP contribution in [0.5, 0.6) is 0 Å². The fourth-order valence-electron chi connectivity index (χ4n) is 1.76. The van der Waals surface area contributed by atoms with E-state index >= 15 is 0 Å². The van der Waals surface area contributed by atoms with Gasteiger partial charge in [0.25, 0.3) is 0 Å². The van der Waals surface area contributed by atoms with Gasteiger partial charge in [-0.2, -0.15) is 0 Å². The van der Waals surface area contributed by atoms with Crippen LogP contribution in [0.3, 0.4) is 0 Å². The number of hydrogen-bond donors (Lipinski definition) is 0. The minimum atomic E-state index is 0.711. The number of hydrogen-bond acceptors (Lipinski definition) is 0. The summed E-state index contributed by atoms with van der Waals surface area (Å²) in [4.78, 5) is 0. The quantitative estimate of drug-likeness (QED) is 0.639. The summed E-state index contributed by atoms with van der Waals surface area (Å²) in [6.45, 7) is 4.40. The van der Waals surface area contributed by atoms with E-state index < -0.39 is 0 Å². The molecule has 0 radical (unpaired) electrons. The molecule has 1 atom stereocenters. The van der Waals surface area contributed by atoms with E-state index in [9.17, 15) is 0 Å². The van der Waals surface area contributed by atoms with Crippen LogP contribution in [0.2, 0.25) is 0 Å². The predicted molar refractivity (Wildman–Crippen MR) is 59.9 cm³/mol. The van der Waals surface area contributed by atoms with Gasteiger partial charge in [0.1, 0.15) is 0 Å². The van der Waals surface area contributed by atoms with E-state index in [0.717, 1.165) is 0 Å². The molecule has 1 aromatic carbocycles. The maximum Gasteiger partial charge on any atom is 0.0178 e. The second kappa shape index (κ2) is 3.30. The van der Waals surface area contributed by atoms with Crippen LogP contribution in [0.1, 0.15) is 31.7 Å². The molecule has 0 nitrogen and oxygen atoms in total. The molecule has 1 fully saturated rings. The van der Waals surface area contributed by atoms with Crippen LogP contribution in [-0.4, -0.2) is 0 Å². The zero-order valence-corrected chi connectivity index (χ0v) is 9.56. The molecule has 1 aliphatic rings. The van der Waals surface area contributed by atoms with E-state index in [2.05, 4.69) is 54.0 Å². The first-order valence-electron chi connectivity index (χ1n) is 4.60. The molecule has 0 saturated heterocycles. The molecule has 0 bridgehead atoms. The summed E-state index contributed by atoms with van der Waals surface area (Å²) >= 11 is 3.50. The second-order valence-electron chi connectivity index (χ2n) is 3.84. The third-order valence-corrected chi connectivity index (χ3v) is 3.07. The van der Waals surface area contributed by atoms with Gasteiger partial charge in [0.15, 0.2) is 0 Å².